The number of hydrogen-bond acceptors (Lipinski definition) is 4. The van der Waals surface area contributed by atoms with E-state index in [2.05, 4.69) is 5.10 Å². The van der Waals surface area contributed by atoms with Gasteiger partial charge in [0.1, 0.15) is 17.5 Å². The summed E-state index contributed by atoms with van der Waals surface area (Å²) in [6.45, 7) is 1.36. The van der Waals surface area contributed by atoms with E-state index in [1.165, 1.54) is 0 Å². The van der Waals surface area contributed by atoms with E-state index >= 15 is 0 Å². The zero-order valence-corrected chi connectivity index (χ0v) is 16.7. The third-order valence-electron chi connectivity index (χ3n) is 4.88. The standard InChI is InChI=1S/C20H20ClN3O3.ClH/c21-20-17-5-1-2-6-18(17)22-24(20)14-7-9-16(10-8-14)27-13-15-4-3-11-23(15)12-19(25)26;/h1-2,5-10,15H,3-4,11-13H2,(H,25,26);1H/t15-;/m0./s1. The van der Waals surface area contributed by atoms with Crippen LogP contribution in [0.25, 0.3) is 16.6 Å². The Morgan fingerprint density at radius 3 is 2.68 bits per heavy atom. The van der Waals surface area contributed by atoms with Crippen LogP contribution >= 0.6 is 24.0 Å². The van der Waals surface area contributed by atoms with Crippen LogP contribution in [-0.2, 0) is 4.79 Å². The number of carbonyl (C=O) groups is 1. The van der Waals surface area contributed by atoms with Crippen LogP contribution in [0.1, 0.15) is 12.8 Å². The number of likely N-dealkylation sites (tertiary alicyclic amines) is 1. The fraction of sp³-hybridized carbons (Fsp3) is 0.300. The summed E-state index contributed by atoms with van der Waals surface area (Å²) in [5.74, 6) is -0.0523. The topological polar surface area (TPSA) is 67.6 Å². The number of rotatable bonds is 6. The van der Waals surface area contributed by atoms with Crippen molar-refractivity contribution in [2.75, 3.05) is 19.7 Å². The molecule has 1 N–H and O–H groups in total. The Morgan fingerprint density at radius 2 is 1.96 bits per heavy atom. The Labute approximate surface area is 174 Å². The zero-order valence-electron chi connectivity index (χ0n) is 15.1. The molecule has 8 heteroatoms. The van der Waals surface area contributed by atoms with Crippen LogP contribution < -0.4 is 4.74 Å². The molecule has 2 aromatic carbocycles. The Balaban J connectivity index is 0.00000225. The number of aliphatic carboxylic acids is 1. The molecule has 1 aromatic heterocycles. The van der Waals surface area contributed by atoms with E-state index in [9.17, 15) is 4.79 Å². The van der Waals surface area contributed by atoms with E-state index < -0.39 is 5.97 Å². The first-order valence-corrected chi connectivity index (χ1v) is 9.32. The van der Waals surface area contributed by atoms with Gasteiger partial charge in [-0.15, -0.1) is 12.4 Å². The van der Waals surface area contributed by atoms with Crippen LogP contribution in [0, 0.1) is 0 Å². The van der Waals surface area contributed by atoms with Gasteiger partial charge in [0, 0.05) is 11.4 Å². The highest BCUT2D eigenvalue weighted by molar-refractivity contribution is 6.34. The maximum absolute atomic E-state index is 10.9. The van der Waals surface area contributed by atoms with Gasteiger partial charge in [-0.25, -0.2) is 4.68 Å². The molecular formula is C20H21Cl2N3O3. The number of carboxylic acids is 1. The lowest BCUT2D eigenvalue weighted by atomic mass is 10.2. The van der Waals surface area contributed by atoms with E-state index in [0.717, 1.165) is 41.7 Å². The van der Waals surface area contributed by atoms with Crippen molar-refractivity contribution in [2.45, 2.75) is 18.9 Å². The molecule has 0 saturated carbocycles. The Hall–Kier alpha value is -2.28. The molecule has 4 rings (SSSR count). The lowest BCUT2D eigenvalue weighted by Crippen LogP contribution is -2.37. The van der Waals surface area contributed by atoms with Gasteiger partial charge in [-0.2, -0.15) is 5.10 Å². The number of nitrogens with zero attached hydrogens (tertiary/aromatic N) is 3. The van der Waals surface area contributed by atoms with Crippen molar-refractivity contribution >= 4 is 40.9 Å². The third-order valence-corrected chi connectivity index (χ3v) is 5.24. The predicted molar refractivity (Wildman–Crippen MR) is 111 cm³/mol. The van der Waals surface area contributed by atoms with E-state index in [1.54, 1.807) is 4.68 Å². The van der Waals surface area contributed by atoms with Crippen molar-refractivity contribution < 1.29 is 14.6 Å². The Bertz CT molecular complexity index is 959. The lowest BCUT2D eigenvalue weighted by Gasteiger charge is -2.22. The maximum Gasteiger partial charge on any atom is 0.317 e. The van der Waals surface area contributed by atoms with Crippen LogP contribution in [0.2, 0.25) is 5.15 Å². The highest BCUT2D eigenvalue weighted by Gasteiger charge is 2.26. The largest absolute Gasteiger partial charge is 0.492 e. The van der Waals surface area contributed by atoms with Gasteiger partial charge in [-0.1, -0.05) is 23.7 Å². The summed E-state index contributed by atoms with van der Waals surface area (Å²) in [7, 11) is 0. The molecule has 1 atom stereocenters. The quantitative estimate of drug-likeness (QED) is 0.650. The maximum atomic E-state index is 10.9. The molecule has 0 bridgehead atoms. The molecule has 6 nitrogen and oxygen atoms in total. The monoisotopic (exact) mass is 421 g/mol. The fourth-order valence-electron chi connectivity index (χ4n) is 3.51. The van der Waals surface area contributed by atoms with Crippen LogP contribution in [0.15, 0.2) is 48.5 Å². The summed E-state index contributed by atoms with van der Waals surface area (Å²) in [5.41, 5.74) is 1.71. The average Bonchev–Trinajstić information content (AvgIpc) is 3.24. The molecule has 28 heavy (non-hydrogen) atoms. The summed E-state index contributed by atoms with van der Waals surface area (Å²) in [6, 6.07) is 15.5. The van der Waals surface area contributed by atoms with Gasteiger partial charge < -0.3 is 9.84 Å². The molecule has 1 aliphatic heterocycles. The first kappa shape index (κ1) is 20.5. The first-order valence-electron chi connectivity index (χ1n) is 8.94. The molecule has 1 fully saturated rings. The molecule has 0 amide bonds. The minimum absolute atomic E-state index is 0. The summed E-state index contributed by atoms with van der Waals surface area (Å²) in [4.78, 5) is 12.9. The van der Waals surface area contributed by atoms with Gasteiger partial charge in [0.2, 0.25) is 0 Å². The van der Waals surface area contributed by atoms with Crippen molar-refractivity contribution in [3.8, 4) is 11.4 Å². The van der Waals surface area contributed by atoms with E-state index in [4.69, 9.17) is 21.4 Å². The molecule has 0 radical (unpaired) electrons. The number of halogens is 2. The fourth-order valence-corrected chi connectivity index (χ4v) is 3.81. The van der Waals surface area contributed by atoms with Crippen molar-refractivity contribution in [3.05, 3.63) is 53.7 Å². The van der Waals surface area contributed by atoms with Crippen LogP contribution in [0.3, 0.4) is 0 Å². The molecule has 2 heterocycles. The molecule has 0 spiro atoms. The van der Waals surface area contributed by atoms with Crippen molar-refractivity contribution in [2.24, 2.45) is 0 Å². The number of fused-ring (bicyclic) bond motifs is 1. The first-order chi connectivity index (χ1) is 13.1. The molecule has 1 aliphatic rings. The molecule has 3 aromatic rings. The molecule has 0 unspecified atom stereocenters. The van der Waals surface area contributed by atoms with Crippen molar-refractivity contribution in [1.82, 2.24) is 14.7 Å². The number of benzene rings is 2. The predicted octanol–water partition coefficient (Wildman–Crippen LogP) is 4.03. The van der Waals surface area contributed by atoms with E-state index in [0.29, 0.717) is 11.8 Å². The van der Waals surface area contributed by atoms with Crippen molar-refractivity contribution in [1.29, 1.82) is 0 Å². The molecule has 0 aliphatic carbocycles. The third kappa shape index (κ3) is 4.24. The molecule has 148 valence electrons. The highest BCUT2D eigenvalue weighted by atomic mass is 35.5. The number of aromatic nitrogens is 2. The van der Waals surface area contributed by atoms with E-state index in [1.807, 2.05) is 53.4 Å². The number of hydrogen-bond donors (Lipinski definition) is 1. The molecule has 1 saturated heterocycles. The zero-order chi connectivity index (χ0) is 18.8. The van der Waals surface area contributed by atoms with Crippen molar-refractivity contribution in [3.63, 3.8) is 0 Å². The minimum atomic E-state index is -0.797. The Kier molecular flexibility index (Phi) is 6.44. The Morgan fingerprint density at radius 1 is 1.21 bits per heavy atom. The summed E-state index contributed by atoms with van der Waals surface area (Å²) >= 11 is 6.45. The van der Waals surface area contributed by atoms with Crippen LogP contribution in [-0.4, -0.2) is 51.5 Å². The minimum Gasteiger partial charge on any atom is -0.492 e. The van der Waals surface area contributed by atoms with Gasteiger partial charge in [0.15, 0.2) is 0 Å². The van der Waals surface area contributed by atoms with Gasteiger partial charge in [-0.3, -0.25) is 9.69 Å². The second kappa shape index (κ2) is 8.82. The van der Waals surface area contributed by atoms with Crippen LogP contribution in [0.4, 0.5) is 0 Å². The SMILES string of the molecule is Cl.O=C(O)CN1CCC[C@H]1COc1ccc(-n2nc3ccccc3c2Cl)cc1. The van der Waals surface area contributed by atoms with Crippen LogP contribution in [0.5, 0.6) is 5.75 Å². The second-order valence-corrected chi connectivity index (χ2v) is 7.04. The van der Waals surface area contributed by atoms with Gasteiger partial charge in [0.25, 0.3) is 0 Å². The normalized spacial score (nSPS) is 16.8. The average molecular weight is 422 g/mol. The number of ether oxygens (including phenoxy) is 1. The molecular weight excluding hydrogens is 401 g/mol. The summed E-state index contributed by atoms with van der Waals surface area (Å²) < 4.78 is 7.59. The summed E-state index contributed by atoms with van der Waals surface area (Å²) in [5, 5.41) is 15.0. The highest BCUT2D eigenvalue weighted by Crippen LogP contribution is 2.27. The second-order valence-electron chi connectivity index (χ2n) is 6.68. The van der Waals surface area contributed by atoms with Gasteiger partial charge in [-0.05, 0) is 55.8 Å². The van der Waals surface area contributed by atoms with Gasteiger partial charge in [0.05, 0.1) is 17.7 Å². The van der Waals surface area contributed by atoms with E-state index in [-0.39, 0.29) is 25.0 Å². The smallest absolute Gasteiger partial charge is 0.317 e. The number of carboxylic acid groups (broad SMARTS) is 1. The lowest BCUT2D eigenvalue weighted by molar-refractivity contribution is -0.138. The van der Waals surface area contributed by atoms with Gasteiger partial charge >= 0.3 is 5.97 Å². The summed E-state index contributed by atoms with van der Waals surface area (Å²) in [6.07, 6.45) is 1.96.